The molecule has 0 aliphatic carbocycles. The first-order valence-corrected chi connectivity index (χ1v) is 5.50. The summed E-state index contributed by atoms with van der Waals surface area (Å²) < 4.78 is 27.0. The second-order valence-electron chi connectivity index (χ2n) is 3.85. The second-order valence-corrected chi connectivity index (χ2v) is 3.85. The highest BCUT2D eigenvalue weighted by Crippen LogP contribution is 2.28. The van der Waals surface area contributed by atoms with E-state index in [-0.39, 0.29) is 0 Å². The molecule has 21 heavy (non-hydrogen) atoms. The van der Waals surface area contributed by atoms with Crippen LogP contribution in [0.2, 0.25) is 0 Å². The molecule has 0 saturated carbocycles. The Morgan fingerprint density at radius 2 is 1.86 bits per heavy atom. The van der Waals surface area contributed by atoms with Crippen LogP contribution in [-0.4, -0.2) is 21.0 Å². The van der Waals surface area contributed by atoms with Crippen molar-refractivity contribution in [2.75, 3.05) is 5.32 Å². The Bertz CT molecular complexity index is 716. The molecule has 0 fully saturated rings. The van der Waals surface area contributed by atoms with Crippen LogP contribution in [0.4, 0.5) is 26.0 Å². The molecule has 0 atom stereocenters. The zero-order chi connectivity index (χ0) is 15.6. The molecule has 0 unspecified atom stereocenters. The number of rotatable bonds is 4. The first-order valence-electron chi connectivity index (χ1n) is 5.50. The van der Waals surface area contributed by atoms with E-state index in [1.165, 1.54) is 0 Å². The Labute approximate surface area is 116 Å². The summed E-state index contributed by atoms with van der Waals surface area (Å²) in [4.78, 5) is 24.3. The zero-order valence-electron chi connectivity index (χ0n) is 10.2. The molecule has 0 amide bonds. The number of hydrogen-bond donors (Lipinski definition) is 2. The molecule has 0 spiro atoms. The standard InChI is InChI=1S/C12H7F2N3O4/c13-6-2-1-3-7(14)10(6)16-11-9(17(20)21)5-4-8(15-11)12(18)19/h1-5H,(H,15,16)(H,18,19). The lowest BCUT2D eigenvalue weighted by Gasteiger charge is -2.08. The van der Waals surface area contributed by atoms with Crippen LogP contribution in [-0.2, 0) is 0 Å². The van der Waals surface area contributed by atoms with Gasteiger partial charge in [0, 0.05) is 6.07 Å². The average Bonchev–Trinajstić information content (AvgIpc) is 2.42. The molecule has 1 heterocycles. The van der Waals surface area contributed by atoms with E-state index in [2.05, 4.69) is 10.3 Å². The van der Waals surface area contributed by atoms with Crippen molar-refractivity contribution in [2.24, 2.45) is 0 Å². The van der Waals surface area contributed by atoms with E-state index in [9.17, 15) is 23.7 Å². The van der Waals surface area contributed by atoms with Gasteiger partial charge in [-0.15, -0.1) is 0 Å². The summed E-state index contributed by atoms with van der Waals surface area (Å²) >= 11 is 0. The summed E-state index contributed by atoms with van der Waals surface area (Å²) in [6.07, 6.45) is 0. The van der Waals surface area contributed by atoms with E-state index in [0.717, 1.165) is 30.3 Å². The highest BCUT2D eigenvalue weighted by molar-refractivity contribution is 5.86. The normalized spacial score (nSPS) is 10.2. The largest absolute Gasteiger partial charge is 0.477 e. The molecule has 0 aliphatic heterocycles. The van der Waals surface area contributed by atoms with Crippen molar-refractivity contribution < 1.29 is 23.6 Å². The fourth-order valence-corrected chi connectivity index (χ4v) is 1.55. The minimum absolute atomic E-state index is 0.500. The molecule has 1 aromatic carbocycles. The summed E-state index contributed by atoms with van der Waals surface area (Å²) in [7, 11) is 0. The van der Waals surface area contributed by atoms with Gasteiger partial charge in [-0.2, -0.15) is 0 Å². The fraction of sp³-hybridized carbons (Fsp3) is 0. The quantitative estimate of drug-likeness (QED) is 0.663. The number of hydrogen-bond acceptors (Lipinski definition) is 5. The van der Waals surface area contributed by atoms with Gasteiger partial charge in [0.2, 0.25) is 5.82 Å². The van der Waals surface area contributed by atoms with Gasteiger partial charge in [-0.3, -0.25) is 10.1 Å². The highest BCUT2D eigenvalue weighted by atomic mass is 19.1. The number of halogens is 2. The molecule has 2 rings (SSSR count). The number of carboxylic acids is 1. The predicted molar refractivity (Wildman–Crippen MR) is 67.5 cm³/mol. The van der Waals surface area contributed by atoms with E-state index >= 15 is 0 Å². The monoisotopic (exact) mass is 295 g/mol. The first-order chi connectivity index (χ1) is 9.90. The first kappa shape index (κ1) is 14.3. The molecule has 0 aliphatic rings. The smallest absolute Gasteiger partial charge is 0.354 e. The molecule has 9 heteroatoms. The third-order valence-corrected chi connectivity index (χ3v) is 2.50. The molecule has 1 aromatic heterocycles. The molecule has 2 N–H and O–H groups in total. The van der Waals surface area contributed by atoms with E-state index in [4.69, 9.17) is 5.11 Å². The Balaban J connectivity index is 2.53. The summed E-state index contributed by atoms with van der Waals surface area (Å²) in [6, 6.07) is 4.81. The third kappa shape index (κ3) is 2.91. The van der Waals surface area contributed by atoms with Gasteiger partial charge in [-0.05, 0) is 18.2 Å². The van der Waals surface area contributed by atoms with E-state index in [1.54, 1.807) is 0 Å². The van der Waals surface area contributed by atoms with Crippen molar-refractivity contribution in [1.29, 1.82) is 0 Å². The van der Waals surface area contributed by atoms with Crippen LogP contribution in [0.25, 0.3) is 0 Å². The van der Waals surface area contributed by atoms with E-state index in [0.29, 0.717) is 0 Å². The van der Waals surface area contributed by atoms with Crippen molar-refractivity contribution in [3.63, 3.8) is 0 Å². The minimum Gasteiger partial charge on any atom is -0.477 e. The summed E-state index contributed by atoms with van der Waals surface area (Å²) in [5.74, 6) is -3.98. The van der Waals surface area contributed by atoms with Crippen molar-refractivity contribution >= 4 is 23.2 Å². The lowest BCUT2D eigenvalue weighted by Crippen LogP contribution is -2.07. The SMILES string of the molecule is O=C(O)c1ccc([N+](=O)[O-])c(Nc2c(F)cccc2F)n1. The number of aromatic nitrogens is 1. The van der Waals surface area contributed by atoms with Crippen LogP contribution in [0.1, 0.15) is 10.5 Å². The van der Waals surface area contributed by atoms with Gasteiger partial charge in [-0.1, -0.05) is 6.07 Å². The molecule has 7 nitrogen and oxygen atoms in total. The lowest BCUT2D eigenvalue weighted by molar-refractivity contribution is -0.384. The van der Waals surface area contributed by atoms with Crippen LogP contribution >= 0.6 is 0 Å². The van der Waals surface area contributed by atoms with Gasteiger partial charge >= 0.3 is 11.7 Å². The Morgan fingerprint density at radius 3 is 2.38 bits per heavy atom. The number of nitrogens with one attached hydrogen (secondary N) is 1. The summed E-state index contributed by atoms with van der Waals surface area (Å²) in [6.45, 7) is 0. The van der Waals surface area contributed by atoms with Crippen molar-refractivity contribution in [3.05, 3.63) is 57.8 Å². The Hall–Kier alpha value is -3.10. The second kappa shape index (κ2) is 5.49. The average molecular weight is 295 g/mol. The Kier molecular flexibility index (Phi) is 3.74. The number of carboxylic acid groups (broad SMARTS) is 1. The molecule has 0 saturated heterocycles. The third-order valence-electron chi connectivity index (χ3n) is 2.50. The van der Waals surface area contributed by atoms with Crippen molar-refractivity contribution in [1.82, 2.24) is 4.98 Å². The molecule has 0 radical (unpaired) electrons. The van der Waals surface area contributed by atoms with E-state index < -0.39 is 45.4 Å². The minimum atomic E-state index is -1.43. The van der Waals surface area contributed by atoms with Crippen molar-refractivity contribution in [3.8, 4) is 0 Å². The topological polar surface area (TPSA) is 105 Å². The number of nitrogens with zero attached hydrogens (tertiary/aromatic N) is 2. The number of carbonyl (C=O) groups is 1. The van der Waals surface area contributed by atoms with Gasteiger partial charge in [0.25, 0.3) is 0 Å². The van der Waals surface area contributed by atoms with Crippen LogP contribution in [0.3, 0.4) is 0 Å². The van der Waals surface area contributed by atoms with Crippen molar-refractivity contribution in [2.45, 2.75) is 0 Å². The van der Waals surface area contributed by atoms with Crippen LogP contribution < -0.4 is 5.32 Å². The van der Waals surface area contributed by atoms with Crippen LogP contribution in [0.5, 0.6) is 0 Å². The maximum Gasteiger partial charge on any atom is 0.354 e. The van der Waals surface area contributed by atoms with Gasteiger partial charge in [-0.25, -0.2) is 18.6 Å². The number of aromatic carboxylic acids is 1. The fourth-order valence-electron chi connectivity index (χ4n) is 1.55. The summed E-state index contributed by atoms with van der Waals surface area (Å²) in [5, 5.41) is 21.8. The maximum atomic E-state index is 13.5. The molecule has 2 aromatic rings. The highest BCUT2D eigenvalue weighted by Gasteiger charge is 2.20. The maximum absolute atomic E-state index is 13.5. The Morgan fingerprint density at radius 1 is 1.24 bits per heavy atom. The number of para-hydroxylation sites is 1. The number of anilines is 2. The van der Waals surface area contributed by atoms with Crippen LogP contribution in [0.15, 0.2) is 30.3 Å². The zero-order valence-corrected chi connectivity index (χ0v) is 10.2. The molecule has 108 valence electrons. The molecule has 0 bridgehead atoms. The number of nitro groups is 1. The van der Waals surface area contributed by atoms with Gasteiger partial charge < -0.3 is 10.4 Å². The summed E-state index contributed by atoms with van der Waals surface area (Å²) in [5.41, 5.74) is -1.77. The van der Waals surface area contributed by atoms with Crippen LogP contribution in [0, 0.1) is 21.7 Å². The molecular weight excluding hydrogens is 288 g/mol. The van der Waals surface area contributed by atoms with Gasteiger partial charge in [0.05, 0.1) is 4.92 Å². The number of pyridine rings is 1. The van der Waals surface area contributed by atoms with Gasteiger partial charge in [0.1, 0.15) is 17.3 Å². The molecular formula is C12H7F2N3O4. The lowest BCUT2D eigenvalue weighted by atomic mass is 10.2. The van der Waals surface area contributed by atoms with Gasteiger partial charge in [0.15, 0.2) is 5.69 Å². The predicted octanol–water partition coefficient (Wildman–Crippen LogP) is 2.71. The van der Waals surface area contributed by atoms with E-state index in [1.807, 2.05) is 0 Å². The number of benzene rings is 1.